The van der Waals surface area contributed by atoms with Crippen LogP contribution < -0.4 is 5.56 Å². The Balaban J connectivity index is 2.41. The van der Waals surface area contributed by atoms with Gasteiger partial charge in [-0.25, -0.2) is 4.98 Å². The van der Waals surface area contributed by atoms with Crippen molar-refractivity contribution >= 4 is 31.9 Å². The van der Waals surface area contributed by atoms with Crippen molar-refractivity contribution in [2.45, 2.75) is 32.6 Å². The maximum atomic E-state index is 12.0. The second-order valence-corrected chi connectivity index (χ2v) is 7.44. The third kappa shape index (κ3) is 3.58. The predicted octanol–water partition coefficient (Wildman–Crippen LogP) is 4.18. The van der Waals surface area contributed by atoms with Crippen LogP contribution in [0.25, 0.3) is 0 Å². The van der Waals surface area contributed by atoms with Gasteiger partial charge in [-0.3, -0.25) is 4.79 Å². The van der Waals surface area contributed by atoms with Crippen molar-refractivity contribution in [3.63, 3.8) is 0 Å². The molecule has 5 heteroatoms. The molecule has 0 saturated heterocycles. The molecular weight excluding hydrogens is 384 g/mol. The standard InChI is InChI=1S/C15H16Br2N2O/c1-15(2,3)13-12(17)14(20)19-11(18-13)8-9-4-6-10(16)7-5-9/h4-7H,8H2,1-3H3,(H,18,19,20). The molecule has 1 heterocycles. The molecule has 0 fully saturated rings. The molecule has 0 atom stereocenters. The average Bonchev–Trinajstić information content (AvgIpc) is 2.35. The third-order valence-electron chi connectivity index (χ3n) is 2.91. The van der Waals surface area contributed by atoms with Crippen molar-refractivity contribution in [2.75, 3.05) is 0 Å². The van der Waals surface area contributed by atoms with E-state index in [2.05, 4.69) is 41.8 Å². The van der Waals surface area contributed by atoms with Crippen molar-refractivity contribution < 1.29 is 0 Å². The van der Waals surface area contributed by atoms with Gasteiger partial charge >= 0.3 is 0 Å². The first-order chi connectivity index (χ1) is 9.27. The summed E-state index contributed by atoms with van der Waals surface area (Å²) in [5, 5.41) is 0. The van der Waals surface area contributed by atoms with Gasteiger partial charge in [-0.2, -0.15) is 0 Å². The molecule has 0 aliphatic carbocycles. The number of halogens is 2. The van der Waals surface area contributed by atoms with Crippen LogP contribution in [0.2, 0.25) is 0 Å². The van der Waals surface area contributed by atoms with Crippen LogP contribution in [0.1, 0.15) is 37.9 Å². The molecule has 0 radical (unpaired) electrons. The average molecular weight is 400 g/mol. The van der Waals surface area contributed by atoms with Gasteiger partial charge in [0, 0.05) is 16.3 Å². The fourth-order valence-corrected chi connectivity index (χ4v) is 2.93. The lowest BCUT2D eigenvalue weighted by Crippen LogP contribution is -2.23. The van der Waals surface area contributed by atoms with E-state index in [1.165, 1.54) is 0 Å². The molecule has 0 aliphatic heterocycles. The van der Waals surface area contributed by atoms with Crippen LogP contribution in [-0.2, 0) is 11.8 Å². The van der Waals surface area contributed by atoms with E-state index in [1.807, 2.05) is 45.0 Å². The zero-order chi connectivity index (χ0) is 14.9. The van der Waals surface area contributed by atoms with E-state index < -0.39 is 0 Å². The Bertz CT molecular complexity index is 670. The minimum absolute atomic E-state index is 0.128. The number of hydrogen-bond acceptors (Lipinski definition) is 2. The first kappa shape index (κ1) is 15.4. The minimum Gasteiger partial charge on any atom is -0.309 e. The fourth-order valence-electron chi connectivity index (χ4n) is 1.88. The molecule has 1 aromatic carbocycles. The van der Waals surface area contributed by atoms with Gasteiger partial charge in [0.05, 0.1) is 5.69 Å². The molecule has 0 aliphatic rings. The SMILES string of the molecule is CC(C)(C)c1nc(Cc2ccc(Br)cc2)[nH]c(=O)c1Br. The summed E-state index contributed by atoms with van der Waals surface area (Å²) >= 11 is 6.74. The molecule has 0 unspecified atom stereocenters. The summed E-state index contributed by atoms with van der Waals surface area (Å²) in [6.45, 7) is 6.13. The van der Waals surface area contributed by atoms with Crippen LogP contribution in [-0.4, -0.2) is 9.97 Å². The Kier molecular flexibility index (Phi) is 4.49. The van der Waals surface area contributed by atoms with E-state index >= 15 is 0 Å². The van der Waals surface area contributed by atoms with Crippen molar-refractivity contribution in [1.82, 2.24) is 9.97 Å². The Hall–Kier alpha value is -0.940. The molecule has 1 N–H and O–H groups in total. The monoisotopic (exact) mass is 398 g/mol. The maximum Gasteiger partial charge on any atom is 0.265 e. The Morgan fingerprint density at radius 2 is 1.75 bits per heavy atom. The lowest BCUT2D eigenvalue weighted by molar-refractivity contribution is 0.557. The van der Waals surface area contributed by atoms with Gasteiger partial charge in [0.25, 0.3) is 5.56 Å². The highest BCUT2D eigenvalue weighted by molar-refractivity contribution is 9.10. The minimum atomic E-state index is -0.179. The number of rotatable bonds is 2. The Morgan fingerprint density at radius 3 is 2.30 bits per heavy atom. The first-order valence-corrected chi connectivity index (χ1v) is 7.89. The number of hydrogen-bond donors (Lipinski definition) is 1. The molecule has 2 aromatic rings. The van der Waals surface area contributed by atoms with E-state index in [4.69, 9.17) is 0 Å². The molecule has 0 bridgehead atoms. The summed E-state index contributed by atoms with van der Waals surface area (Å²) in [6, 6.07) is 8.00. The van der Waals surface area contributed by atoms with E-state index in [-0.39, 0.29) is 11.0 Å². The molecule has 1 aromatic heterocycles. The quantitative estimate of drug-likeness (QED) is 0.822. The number of benzene rings is 1. The second-order valence-electron chi connectivity index (χ2n) is 5.73. The second kappa shape index (κ2) is 5.82. The highest BCUT2D eigenvalue weighted by Gasteiger charge is 2.21. The summed E-state index contributed by atoms with van der Waals surface area (Å²) in [7, 11) is 0. The smallest absolute Gasteiger partial charge is 0.265 e. The van der Waals surface area contributed by atoms with Crippen LogP contribution in [0.4, 0.5) is 0 Å². The summed E-state index contributed by atoms with van der Waals surface area (Å²) in [5.41, 5.74) is 1.59. The molecule has 20 heavy (non-hydrogen) atoms. The van der Waals surface area contributed by atoms with Crippen LogP contribution in [0.5, 0.6) is 0 Å². The van der Waals surface area contributed by atoms with E-state index in [1.54, 1.807) is 0 Å². The molecule has 2 rings (SSSR count). The van der Waals surface area contributed by atoms with Crippen LogP contribution in [0, 0.1) is 0 Å². The summed E-state index contributed by atoms with van der Waals surface area (Å²) in [6.07, 6.45) is 0.610. The molecule has 0 spiro atoms. The lowest BCUT2D eigenvalue weighted by atomic mass is 9.92. The number of nitrogens with one attached hydrogen (secondary N) is 1. The van der Waals surface area contributed by atoms with Gasteiger partial charge in [0.15, 0.2) is 0 Å². The highest BCUT2D eigenvalue weighted by Crippen LogP contribution is 2.25. The molecule has 3 nitrogen and oxygen atoms in total. The van der Waals surface area contributed by atoms with Gasteiger partial charge in [-0.05, 0) is 33.6 Å². The molecular formula is C15H16Br2N2O. The van der Waals surface area contributed by atoms with Crippen LogP contribution in [0.15, 0.2) is 38.0 Å². The lowest BCUT2D eigenvalue weighted by Gasteiger charge is -2.19. The maximum absolute atomic E-state index is 12.0. The van der Waals surface area contributed by atoms with Crippen molar-refractivity contribution in [2.24, 2.45) is 0 Å². The fraction of sp³-hybridized carbons (Fsp3) is 0.333. The van der Waals surface area contributed by atoms with Gasteiger partial charge in [-0.15, -0.1) is 0 Å². The van der Waals surface area contributed by atoms with Crippen LogP contribution >= 0.6 is 31.9 Å². The highest BCUT2D eigenvalue weighted by atomic mass is 79.9. The topological polar surface area (TPSA) is 45.8 Å². The Labute approximate surface area is 135 Å². The number of aromatic nitrogens is 2. The largest absolute Gasteiger partial charge is 0.309 e. The number of aromatic amines is 1. The van der Waals surface area contributed by atoms with E-state index in [0.717, 1.165) is 15.7 Å². The van der Waals surface area contributed by atoms with E-state index in [0.29, 0.717) is 16.7 Å². The molecule has 0 saturated carbocycles. The number of nitrogens with zero attached hydrogens (tertiary/aromatic N) is 1. The zero-order valence-corrected chi connectivity index (χ0v) is 14.8. The zero-order valence-electron chi connectivity index (χ0n) is 11.6. The van der Waals surface area contributed by atoms with Gasteiger partial charge in [0.1, 0.15) is 10.3 Å². The van der Waals surface area contributed by atoms with E-state index in [9.17, 15) is 4.79 Å². The van der Waals surface area contributed by atoms with Gasteiger partial charge in [-0.1, -0.05) is 48.8 Å². The van der Waals surface area contributed by atoms with Crippen molar-refractivity contribution in [3.05, 3.63) is 60.6 Å². The Morgan fingerprint density at radius 1 is 1.15 bits per heavy atom. The first-order valence-electron chi connectivity index (χ1n) is 6.31. The summed E-state index contributed by atoms with van der Waals surface area (Å²) < 4.78 is 1.55. The summed E-state index contributed by atoms with van der Waals surface area (Å²) in [4.78, 5) is 19.4. The normalized spacial score (nSPS) is 11.7. The third-order valence-corrected chi connectivity index (χ3v) is 4.17. The predicted molar refractivity (Wildman–Crippen MR) is 88.2 cm³/mol. The van der Waals surface area contributed by atoms with Crippen LogP contribution in [0.3, 0.4) is 0 Å². The molecule has 106 valence electrons. The summed E-state index contributed by atoms with van der Waals surface area (Å²) in [5.74, 6) is 0.686. The number of H-pyrrole nitrogens is 1. The van der Waals surface area contributed by atoms with Crippen molar-refractivity contribution in [1.29, 1.82) is 0 Å². The van der Waals surface area contributed by atoms with Crippen molar-refractivity contribution in [3.8, 4) is 0 Å². The molecule has 0 amide bonds. The van der Waals surface area contributed by atoms with Gasteiger partial charge < -0.3 is 4.98 Å². The van der Waals surface area contributed by atoms with Gasteiger partial charge in [0.2, 0.25) is 0 Å².